The number of allylic oxidation sites excluding steroid dienone is 6. The van der Waals surface area contributed by atoms with Crippen LogP contribution >= 0.6 is 0 Å². The Morgan fingerprint density at radius 1 is 0.337 bits per heavy atom. The number of carbonyl (C=O) groups excluding carboxylic acids is 2. The van der Waals surface area contributed by atoms with Crippen LogP contribution in [0.15, 0.2) is 36.5 Å². The molecule has 6 heteroatoms. The third kappa shape index (κ3) is 69.1. The number of unbranched alkanes of at least 4 members (excludes halogenated alkanes) is 54. The maximum absolute atomic E-state index is 12.6. The fraction of sp³-hybridized carbons (Fsp3) is 0.896. The van der Waals surface area contributed by atoms with Gasteiger partial charge in [-0.2, -0.15) is 0 Å². The van der Waals surface area contributed by atoms with Crippen molar-refractivity contribution in [2.75, 3.05) is 13.2 Å². The summed E-state index contributed by atoms with van der Waals surface area (Å²) in [6.45, 7) is 4.96. The van der Waals surface area contributed by atoms with Gasteiger partial charge in [-0.25, -0.2) is 0 Å². The summed E-state index contributed by atoms with van der Waals surface area (Å²) in [5.74, 6) is -0.0249. The second-order valence-corrected chi connectivity index (χ2v) is 26.0. The Balaban J connectivity index is 3.39. The molecule has 0 aliphatic heterocycles. The van der Waals surface area contributed by atoms with Crippen molar-refractivity contribution < 1.29 is 24.5 Å². The first-order valence-corrected chi connectivity index (χ1v) is 37.7. The number of rotatable bonds is 71. The van der Waals surface area contributed by atoms with Crippen LogP contribution in [-0.2, 0) is 14.3 Å². The highest BCUT2D eigenvalue weighted by Crippen LogP contribution is 2.19. The van der Waals surface area contributed by atoms with Crippen LogP contribution in [0.25, 0.3) is 0 Å². The molecule has 0 aliphatic carbocycles. The van der Waals surface area contributed by atoms with Gasteiger partial charge in [0, 0.05) is 12.8 Å². The van der Waals surface area contributed by atoms with E-state index in [-0.39, 0.29) is 18.5 Å². The lowest BCUT2D eigenvalue weighted by Gasteiger charge is -2.22. The topological polar surface area (TPSA) is 95.9 Å². The van der Waals surface area contributed by atoms with Gasteiger partial charge >= 0.3 is 5.97 Å². The summed E-state index contributed by atoms with van der Waals surface area (Å²) < 4.78 is 5.50. The van der Waals surface area contributed by atoms with Gasteiger partial charge in [0.1, 0.15) is 0 Å². The summed E-state index contributed by atoms with van der Waals surface area (Å²) in [7, 11) is 0. The molecule has 1 amide bonds. The smallest absolute Gasteiger partial charge is 0.305 e. The lowest BCUT2D eigenvalue weighted by atomic mass is 10.0. The second kappa shape index (κ2) is 72.6. The van der Waals surface area contributed by atoms with Crippen LogP contribution < -0.4 is 5.32 Å². The molecule has 0 aromatic carbocycles. The molecule has 83 heavy (non-hydrogen) atoms. The van der Waals surface area contributed by atoms with Crippen molar-refractivity contribution in [2.24, 2.45) is 0 Å². The Kier molecular flexibility index (Phi) is 70.9. The van der Waals surface area contributed by atoms with Crippen molar-refractivity contribution >= 4 is 11.9 Å². The zero-order chi connectivity index (χ0) is 59.9. The highest BCUT2D eigenvalue weighted by atomic mass is 16.5. The minimum absolute atomic E-state index is 0.00735. The van der Waals surface area contributed by atoms with Crippen LogP contribution in [-0.4, -0.2) is 47.4 Å². The highest BCUT2D eigenvalue weighted by molar-refractivity contribution is 5.76. The van der Waals surface area contributed by atoms with Crippen LogP contribution in [0.2, 0.25) is 0 Å². The van der Waals surface area contributed by atoms with E-state index in [9.17, 15) is 19.8 Å². The molecule has 3 N–H and O–H groups in total. The minimum atomic E-state index is -0.667. The van der Waals surface area contributed by atoms with Crippen molar-refractivity contribution in [3.63, 3.8) is 0 Å². The summed E-state index contributed by atoms with van der Waals surface area (Å²) in [6.07, 6.45) is 93.5. The Morgan fingerprint density at radius 3 is 0.952 bits per heavy atom. The molecule has 0 aromatic rings. The van der Waals surface area contributed by atoms with E-state index in [1.807, 2.05) is 0 Å². The summed E-state index contributed by atoms with van der Waals surface area (Å²) in [6, 6.07) is -0.545. The van der Waals surface area contributed by atoms with E-state index < -0.39 is 12.1 Å². The summed E-state index contributed by atoms with van der Waals surface area (Å²) >= 11 is 0. The highest BCUT2D eigenvalue weighted by Gasteiger charge is 2.20. The van der Waals surface area contributed by atoms with E-state index in [4.69, 9.17) is 4.74 Å². The SMILES string of the molecule is CCCCC/C=C\C/C=C\CCCCCCCCCC(=O)OCCCCCCCCCCCCCC/C=C\CCCCCCCCCCCCC(=O)NC(CO)C(O)CCCCCCCCCCCCCCCCCCCCCCCCC. The molecule has 0 aromatic heterocycles. The molecule has 2 atom stereocenters. The molecule has 0 radical (unpaired) electrons. The molecule has 2 unspecified atom stereocenters. The maximum atomic E-state index is 12.6. The fourth-order valence-corrected chi connectivity index (χ4v) is 11.9. The standard InChI is InChI=1S/C77H147NO5/c1-3-5-7-9-11-13-15-17-19-21-22-23-28-31-34-38-41-45-49-53-57-61-65-69-75(80)74(73-79)78-76(81)70-66-62-58-54-50-46-42-39-35-32-29-26-24-25-27-30-33-36-40-44-48-52-56-60-64-68-72-83-77(82)71-67-63-59-55-51-47-43-37-20-18-16-14-12-10-8-6-4-2/h12,14,18,20,24,26,74-75,79-80H,3-11,13,15-17,19,21-23,25,27-73H2,1-2H3,(H,78,81)/b14-12-,20-18-,26-24-. The lowest BCUT2D eigenvalue weighted by molar-refractivity contribution is -0.143. The van der Waals surface area contributed by atoms with Crippen LogP contribution in [0.4, 0.5) is 0 Å². The number of nitrogens with one attached hydrogen (secondary N) is 1. The Labute approximate surface area is 519 Å². The molecular formula is C77H147NO5. The van der Waals surface area contributed by atoms with Crippen molar-refractivity contribution in [1.29, 1.82) is 0 Å². The molecule has 0 saturated carbocycles. The minimum Gasteiger partial charge on any atom is -0.466 e. The normalized spacial score (nSPS) is 12.7. The van der Waals surface area contributed by atoms with E-state index in [1.165, 1.54) is 334 Å². The Morgan fingerprint density at radius 2 is 0.602 bits per heavy atom. The van der Waals surface area contributed by atoms with Gasteiger partial charge in [0.15, 0.2) is 0 Å². The van der Waals surface area contributed by atoms with Gasteiger partial charge in [0.2, 0.25) is 5.91 Å². The van der Waals surface area contributed by atoms with Crippen molar-refractivity contribution in [1.82, 2.24) is 5.32 Å². The van der Waals surface area contributed by atoms with Gasteiger partial charge in [-0.15, -0.1) is 0 Å². The molecule has 0 rings (SSSR count). The summed E-state index contributed by atoms with van der Waals surface area (Å²) in [5, 5.41) is 23.5. The number of aliphatic hydroxyl groups excluding tert-OH is 2. The van der Waals surface area contributed by atoms with Gasteiger partial charge in [-0.3, -0.25) is 9.59 Å². The first-order chi connectivity index (χ1) is 41.0. The predicted octanol–water partition coefficient (Wildman–Crippen LogP) is 24.7. The van der Waals surface area contributed by atoms with E-state index in [0.29, 0.717) is 25.9 Å². The van der Waals surface area contributed by atoms with E-state index in [0.717, 1.165) is 51.4 Å². The van der Waals surface area contributed by atoms with Gasteiger partial charge < -0.3 is 20.3 Å². The zero-order valence-electron chi connectivity index (χ0n) is 56.2. The zero-order valence-corrected chi connectivity index (χ0v) is 56.2. The Hall–Kier alpha value is -1.92. The molecule has 0 bridgehead atoms. The number of carbonyl (C=O) groups is 2. The number of amides is 1. The molecule has 6 nitrogen and oxygen atoms in total. The monoisotopic (exact) mass is 1170 g/mol. The van der Waals surface area contributed by atoms with Crippen molar-refractivity contribution in [2.45, 2.75) is 431 Å². The van der Waals surface area contributed by atoms with Gasteiger partial charge in [0.05, 0.1) is 25.4 Å². The van der Waals surface area contributed by atoms with Crippen LogP contribution in [0.3, 0.4) is 0 Å². The van der Waals surface area contributed by atoms with E-state index in [1.54, 1.807) is 0 Å². The predicted molar refractivity (Wildman–Crippen MR) is 366 cm³/mol. The number of hydrogen-bond donors (Lipinski definition) is 3. The van der Waals surface area contributed by atoms with Crippen LogP contribution in [0, 0.1) is 0 Å². The van der Waals surface area contributed by atoms with Crippen molar-refractivity contribution in [3.8, 4) is 0 Å². The van der Waals surface area contributed by atoms with E-state index in [2.05, 4.69) is 55.6 Å². The molecular weight excluding hydrogens is 1020 g/mol. The quantitative estimate of drug-likeness (QED) is 0.0320. The third-order valence-corrected chi connectivity index (χ3v) is 17.7. The molecule has 490 valence electrons. The molecule has 0 heterocycles. The number of esters is 1. The molecule has 0 aliphatic rings. The van der Waals surface area contributed by atoms with Gasteiger partial charge in [-0.05, 0) is 83.5 Å². The maximum Gasteiger partial charge on any atom is 0.305 e. The first kappa shape index (κ1) is 81.1. The summed E-state index contributed by atoms with van der Waals surface area (Å²) in [5.41, 5.74) is 0. The third-order valence-electron chi connectivity index (χ3n) is 17.7. The van der Waals surface area contributed by atoms with Gasteiger partial charge in [0.25, 0.3) is 0 Å². The summed E-state index contributed by atoms with van der Waals surface area (Å²) in [4.78, 5) is 24.7. The number of ether oxygens (including phenoxy) is 1. The average Bonchev–Trinajstić information content (AvgIpc) is 3.49. The molecule has 0 fully saturated rings. The second-order valence-electron chi connectivity index (χ2n) is 26.0. The van der Waals surface area contributed by atoms with Gasteiger partial charge in [-0.1, -0.05) is 359 Å². The lowest BCUT2D eigenvalue weighted by Crippen LogP contribution is -2.45. The first-order valence-electron chi connectivity index (χ1n) is 37.7. The number of hydrogen-bond acceptors (Lipinski definition) is 5. The average molecular weight is 1170 g/mol. The molecule has 0 spiro atoms. The van der Waals surface area contributed by atoms with Crippen LogP contribution in [0.5, 0.6) is 0 Å². The van der Waals surface area contributed by atoms with E-state index >= 15 is 0 Å². The largest absolute Gasteiger partial charge is 0.466 e. The molecule has 0 saturated heterocycles. The Bertz CT molecular complexity index is 1340. The van der Waals surface area contributed by atoms with Crippen molar-refractivity contribution in [3.05, 3.63) is 36.5 Å². The number of aliphatic hydroxyl groups is 2. The fourth-order valence-electron chi connectivity index (χ4n) is 11.9. The van der Waals surface area contributed by atoms with Crippen LogP contribution in [0.1, 0.15) is 418 Å².